The van der Waals surface area contributed by atoms with E-state index in [1.54, 1.807) is 0 Å². The number of hydrazine groups is 1. The molecule has 3 N–H and O–H groups in total. The Hall–Kier alpha value is -2.94. The Morgan fingerprint density at radius 2 is 1.81 bits per heavy atom. The molecule has 6 nitrogen and oxygen atoms in total. The van der Waals surface area contributed by atoms with Crippen molar-refractivity contribution in [2.45, 2.75) is 32.7 Å². The number of likely N-dealkylation sites (tertiary alicyclic amines) is 1. The van der Waals surface area contributed by atoms with Gasteiger partial charge in [-0.15, -0.1) is 0 Å². The summed E-state index contributed by atoms with van der Waals surface area (Å²) in [4.78, 5) is 9.28. The molecule has 2 aromatic rings. The van der Waals surface area contributed by atoms with Crippen LogP contribution < -0.4 is 16.2 Å². The van der Waals surface area contributed by atoms with Crippen LogP contribution in [0.5, 0.6) is 0 Å². The van der Waals surface area contributed by atoms with E-state index in [0.717, 1.165) is 48.6 Å². The molecule has 0 bridgehead atoms. The van der Waals surface area contributed by atoms with Gasteiger partial charge < -0.3 is 20.5 Å². The van der Waals surface area contributed by atoms with Gasteiger partial charge in [0.25, 0.3) is 0 Å². The van der Waals surface area contributed by atoms with Crippen molar-refractivity contribution in [3.8, 4) is 0 Å². The first-order valence-electron chi connectivity index (χ1n) is 12.8. The summed E-state index contributed by atoms with van der Waals surface area (Å²) in [5.41, 5.74) is 9.93. The first-order valence-corrected chi connectivity index (χ1v) is 13.2. The summed E-state index contributed by atoms with van der Waals surface area (Å²) in [5, 5.41) is 3.07. The Kier molecular flexibility index (Phi) is 9.55. The van der Waals surface area contributed by atoms with Crippen molar-refractivity contribution in [1.29, 1.82) is 0 Å². The van der Waals surface area contributed by atoms with Gasteiger partial charge in [0, 0.05) is 49.5 Å². The fraction of sp³-hybridized carbons (Fsp3) is 0.393. The zero-order valence-corrected chi connectivity index (χ0v) is 22.1. The number of nitrogens with one attached hydrogen (secondary N) is 3. The number of allylic oxidation sites excluding steroid dienone is 1. The second-order valence-corrected chi connectivity index (χ2v) is 9.67. The summed E-state index contributed by atoms with van der Waals surface area (Å²) in [6, 6.07) is 10.2. The van der Waals surface area contributed by atoms with Gasteiger partial charge >= 0.3 is 0 Å². The number of rotatable bonds is 9. The van der Waals surface area contributed by atoms with Crippen molar-refractivity contribution in [3.63, 3.8) is 0 Å². The average molecular weight is 529 g/mol. The summed E-state index contributed by atoms with van der Waals surface area (Å²) in [6.07, 6.45) is 5.31. The third-order valence-corrected chi connectivity index (χ3v) is 7.07. The largest absolute Gasteiger partial charge is 0.382 e. The van der Waals surface area contributed by atoms with E-state index in [0.29, 0.717) is 24.6 Å². The Labute approximate surface area is 223 Å². The lowest BCUT2D eigenvalue weighted by Gasteiger charge is -2.26. The molecule has 0 aliphatic carbocycles. The molecule has 2 heterocycles. The van der Waals surface area contributed by atoms with Crippen molar-refractivity contribution >= 4 is 28.8 Å². The maximum absolute atomic E-state index is 14.6. The lowest BCUT2D eigenvalue weighted by atomic mass is 10.1. The van der Waals surface area contributed by atoms with E-state index >= 15 is 0 Å². The van der Waals surface area contributed by atoms with Crippen LogP contribution in [0.3, 0.4) is 0 Å². The monoisotopic (exact) mass is 528 g/mol. The number of nitrogens with zero attached hydrogens (tertiary/aromatic N) is 3. The molecule has 4 rings (SSSR count). The fourth-order valence-electron chi connectivity index (χ4n) is 4.60. The second kappa shape index (κ2) is 13.0. The van der Waals surface area contributed by atoms with Gasteiger partial charge in [-0.05, 0) is 63.5 Å². The van der Waals surface area contributed by atoms with Gasteiger partial charge in [0.15, 0.2) is 5.84 Å². The standard InChI is InChI=1S/C28H35ClF2N6/c1-3-26(21-7-9-22(10-8-21)35-33-14-18-36-15-4-5-16-36)34-28-20(2)32-13-6-17-37(28)19-23-24(30)11-12-25(31)27(23)29/h3,7-12,32-33,35H,2,4-6,13-19H2,1H3/b26-3-,34-28?. The van der Waals surface area contributed by atoms with Crippen LogP contribution in [0.1, 0.15) is 37.3 Å². The molecule has 0 radical (unpaired) electrons. The summed E-state index contributed by atoms with van der Waals surface area (Å²) in [6.45, 7) is 11.7. The fourth-order valence-corrected chi connectivity index (χ4v) is 4.81. The minimum absolute atomic E-state index is 0.0882. The number of benzene rings is 2. The number of anilines is 1. The summed E-state index contributed by atoms with van der Waals surface area (Å²) in [7, 11) is 0. The van der Waals surface area contributed by atoms with E-state index in [2.05, 4.69) is 27.6 Å². The van der Waals surface area contributed by atoms with E-state index < -0.39 is 11.6 Å². The summed E-state index contributed by atoms with van der Waals surface area (Å²) >= 11 is 6.12. The van der Waals surface area contributed by atoms with E-state index in [4.69, 9.17) is 16.6 Å². The minimum atomic E-state index is -0.642. The highest BCUT2D eigenvalue weighted by Crippen LogP contribution is 2.26. The van der Waals surface area contributed by atoms with Crippen molar-refractivity contribution in [2.75, 3.05) is 44.7 Å². The number of aliphatic imine (C=N–C) groups is 1. The van der Waals surface area contributed by atoms with E-state index in [9.17, 15) is 8.78 Å². The lowest BCUT2D eigenvalue weighted by Crippen LogP contribution is -2.33. The second-order valence-electron chi connectivity index (χ2n) is 9.29. The summed E-state index contributed by atoms with van der Waals surface area (Å²) in [5.74, 6) is -0.607. The third-order valence-electron chi connectivity index (χ3n) is 6.67. The number of hydrogen-bond acceptors (Lipinski definition) is 5. The SMILES string of the molecule is C=C1NCCCN(Cc2c(F)ccc(F)c2Cl)C1=N/C(=C\C)c1ccc(NNCCN2CCCC2)cc1. The molecular weight excluding hydrogens is 494 g/mol. The molecule has 0 amide bonds. The van der Waals surface area contributed by atoms with Gasteiger partial charge in [-0.25, -0.2) is 19.2 Å². The molecule has 2 aliphatic heterocycles. The number of hydrogen-bond donors (Lipinski definition) is 3. The van der Waals surface area contributed by atoms with Gasteiger partial charge in [0.1, 0.15) is 11.6 Å². The third kappa shape index (κ3) is 7.09. The highest BCUT2D eigenvalue weighted by atomic mass is 35.5. The van der Waals surface area contributed by atoms with E-state index in [1.807, 2.05) is 42.2 Å². The highest BCUT2D eigenvalue weighted by Gasteiger charge is 2.23. The molecule has 2 saturated heterocycles. The predicted molar refractivity (Wildman–Crippen MR) is 148 cm³/mol. The van der Waals surface area contributed by atoms with Crippen LogP contribution in [0, 0.1) is 11.6 Å². The average Bonchev–Trinajstić information content (AvgIpc) is 3.37. The number of amidine groups is 1. The van der Waals surface area contributed by atoms with Gasteiger partial charge in [0.2, 0.25) is 0 Å². The first-order chi connectivity index (χ1) is 18.0. The van der Waals surface area contributed by atoms with E-state index in [-0.39, 0.29) is 17.1 Å². The Morgan fingerprint density at radius 1 is 1.08 bits per heavy atom. The van der Waals surface area contributed by atoms with Crippen LogP contribution in [0.4, 0.5) is 14.5 Å². The smallest absolute Gasteiger partial charge is 0.152 e. The van der Waals surface area contributed by atoms with Crippen LogP contribution in [-0.2, 0) is 6.54 Å². The zero-order valence-electron chi connectivity index (χ0n) is 21.3. The molecule has 0 unspecified atom stereocenters. The number of halogens is 3. The van der Waals surface area contributed by atoms with Crippen LogP contribution in [0.15, 0.2) is 59.7 Å². The predicted octanol–water partition coefficient (Wildman–Crippen LogP) is 5.40. The zero-order chi connectivity index (χ0) is 26.2. The lowest BCUT2D eigenvalue weighted by molar-refractivity contribution is 0.340. The maximum Gasteiger partial charge on any atom is 0.152 e. The molecule has 0 atom stereocenters. The quantitative estimate of drug-likeness (QED) is 0.231. The molecule has 37 heavy (non-hydrogen) atoms. The van der Waals surface area contributed by atoms with Crippen molar-refractivity contribution < 1.29 is 8.78 Å². The van der Waals surface area contributed by atoms with Gasteiger partial charge in [-0.2, -0.15) is 0 Å². The van der Waals surface area contributed by atoms with Crippen molar-refractivity contribution in [2.24, 2.45) is 4.99 Å². The summed E-state index contributed by atoms with van der Waals surface area (Å²) < 4.78 is 28.6. The molecule has 198 valence electrons. The molecule has 2 aromatic carbocycles. The van der Waals surface area contributed by atoms with Gasteiger partial charge in [-0.1, -0.05) is 36.4 Å². The van der Waals surface area contributed by atoms with Crippen molar-refractivity contribution in [1.82, 2.24) is 20.5 Å². The molecule has 0 saturated carbocycles. The highest BCUT2D eigenvalue weighted by molar-refractivity contribution is 6.31. The molecule has 2 fully saturated rings. The molecule has 9 heteroatoms. The molecule has 2 aliphatic rings. The molecular formula is C28H35ClF2N6. The normalized spacial score (nSPS) is 18.3. The Morgan fingerprint density at radius 3 is 2.54 bits per heavy atom. The Balaban J connectivity index is 1.47. The van der Waals surface area contributed by atoms with Crippen LogP contribution >= 0.6 is 11.6 Å². The van der Waals surface area contributed by atoms with Crippen molar-refractivity contribution in [3.05, 3.63) is 82.5 Å². The molecule has 0 aromatic heterocycles. The maximum atomic E-state index is 14.6. The van der Waals surface area contributed by atoms with Gasteiger partial charge in [0.05, 0.1) is 16.4 Å². The first kappa shape index (κ1) is 27.1. The Bertz CT molecular complexity index is 1140. The minimum Gasteiger partial charge on any atom is -0.382 e. The topological polar surface area (TPSA) is 54.9 Å². The van der Waals surface area contributed by atoms with Crippen LogP contribution in [0.25, 0.3) is 5.70 Å². The van der Waals surface area contributed by atoms with Gasteiger partial charge in [-0.3, -0.25) is 0 Å². The van der Waals surface area contributed by atoms with E-state index in [1.165, 1.54) is 25.9 Å². The van der Waals surface area contributed by atoms with Crippen LogP contribution in [0.2, 0.25) is 5.02 Å². The van der Waals surface area contributed by atoms with Crippen LogP contribution in [-0.4, -0.2) is 54.9 Å². The molecule has 0 spiro atoms.